The van der Waals surface area contributed by atoms with E-state index in [2.05, 4.69) is 15.3 Å². The minimum atomic E-state index is -3.60. The summed E-state index contributed by atoms with van der Waals surface area (Å²) in [5.41, 5.74) is 0. The first kappa shape index (κ1) is 14.7. The minimum absolute atomic E-state index is 0.0544. The molecule has 7 nitrogen and oxygen atoms in total. The number of imidazole rings is 1. The van der Waals surface area contributed by atoms with Crippen LogP contribution in [-0.2, 0) is 21.2 Å². The summed E-state index contributed by atoms with van der Waals surface area (Å²) in [5, 5.41) is 2.50. The summed E-state index contributed by atoms with van der Waals surface area (Å²) in [6, 6.07) is 0. The van der Waals surface area contributed by atoms with Crippen molar-refractivity contribution in [1.29, 1.82) is 0 Å². The third-order valence-electron chi connectivity index (χ3n) is 2.56. The lowest BCUT2D eigenvalue weighted by Crippen LogP contribution is -2.31. The summed E-state index contributed by atoms with van der Waals surface area (Å²) in [6.45, 7) is 2.01. The van der Waals surface area contributed by atoms with Crippen molar-refractivity contribution in [3.05, 3.63) is 12.0 Å². The maximum atomic E-state index is 12.1. The van der Waals surface area contributed by atoms with E-state index in [0.29, 0.717) is 12.2 Å². The summed E-state index contributed by atoms with van der Waals surface area (Å²) in [6.07, 6.45) is 2.06. The second-order valence-corrected chi connectivity index (χ2v) is 5.81. The molecule has 0 spiro atoms. The average Bonchev–Trinajstić information content (AvgIpc) is 2.84. The summed E-state index contributed by atoms with van der Waals surface area (Å²) in [7, 11) is -0.648. The number of rotatable bonds is 6. The Kier molecular flexibility index (Phi) is 4.85. The van der Waals surface area contributed by atoms with Crippen LogP contribution < -0.4 is 5.32 Å². The average molecular weight is 274 g/mol. The number of hydrogen-bond donors (Lipinski definition) is 2. The van der Waals surface area contributed by atoms with Gasteiger partial charge in [-0.05, 0) is 0 Å². The van der Waals surface area contributed by atoms with Crippen molar-refractivity contribution in [3.8, 4) is 0 Å². The van der Waals surface area contributed by atoms with Crippen molar-refractivity contribution >= 4 is 15.9 Å². The topological polar surface area (TPSA) is 95.2 Å². The summed E-state index contributed by atoms with van der Waals surface area (Å²) >= 11 is 0. The summed E-state index contributed by atoms with van der Waals surface area (Å²) < 4.78 is 25.3. The van der Waals surface area contributed by atoms with Crippen molar-refractivity contribution in [2.24, 2.45) is 0 Å². The molecule has 102 valence electrons. The Morgan fingerprint density at radius 1 is 1.56 bits per heavy atom. The molecule has 8 heteroatoms. The van der Waals surface area contributed by atoms with Crippen molar-refractivity contribution < 1.29 is 13.2 Å². The van der Waals surface area contributed by atoms with Crippen LogP contribution in [0.1, 0.15) is 19.2 Å². The molecule has 1 amide bonds. The lowest BCUT2D eigenvalue weighted by atomic mass is 10.4. The molecule has 1 heterocycles. The van der Waals surface area contributed by atoms with Crippen LogP contribution in [0.5, 0.6) is 0 Å². The van der Waals surface area contributed by atoms with Gasteiger partial charge in [0.15, 0.2) is 5.03 Å². The van der Waals surface area contributed by atoms with E-state index in [4.69, 9.17) is 0 Å². The number of carbonyl (C=O) groups excluding carboxylic acids is 1. The monoisotopic (exact) mass is 274 g/mol. The van der Waals surface area contributed by atoms with Crippen LogP contribution in [-0.4, -0.2) is 49.2 Å². The third-order valence-corrected chi connectivity index (χ3v) is 4.33. The molecular weight excluding hydrogens is 256 g/mol. The normalized spacial score (nSPS) is 11.8. The van der Waals surface area contributed by atoms with Gasteiger partial charge in [0.05, 0.1) is 6.20 Å². The van der Waals surface area contributed by atoms with Crippen LogP contribution >= 0.6 is 0 Å². The first-order valence-electron chi connectivity index (χ1n) is 5.62. The molecule has 1 aromatic heterocycles. The first-order valence-corrected chi connectivity index (χ1v) is 7.06. The smallest absolute Gasteiger partial charge is 0.259 e. The Balaban J connectivity index is 2.76. The van der Waals surface area contributed by atoms with E-state index in [1.807, 2.05) is 6.92 Å². The number of H-pyrrole nitrogens is 1. The molecule has 0 atom stereocenters. The molecule has 0 saturated heterocycles. The molecule has 0 aliphatic rings. The number of nitrogens with zero attached hydrogens (tertiary/aromatic N) is 2. The quantitative estimate of drug-likeness (QED) is 0.746. The zero-order chi connectivity index (χ0) is 13.8. The van der Waals surface area contributed by atoms with Gasteiger partial charge in [0.1, 0.15) is 5.82 Å². The number of hydrogen-bond acceptors (Lipinski definition) is 4. The van der Waals surface area contributed by atoms with E-state index >= 15 is 0 Å². The van der Waals surface area contributed by atoms with Crippen molar-refractivity contribution in [2.45, 2.75) is 24.8 Å². The van der Waals surface area contributed by atoms with Crippen LogP contribution in [0.2, 0.25) is 0 Å². The van der Waals surface area contributed by atoms with Crippen LogP contribution in [0.15, 0.2) is 11.2 Å². The largest absolute Gasteiger partial charge is 0.359 e. The number of carbonyl (C=O) groups is 1. The summed E-state index contributed by atoms with van der Waals surface area (Å²) in [4.78, 5) is 17.8. The fourth-order valence-corrected chi connectivity index (χ4v) is 2.43. The predicted octanol–water partition coefficient (Wildman–Crippen LogP) is -0.271. The van der Waals surface area contributed by atoms with Gasteiger partial charge in [-0.1, -0.05) is 6.92 Å². The number of aromatic amines is 1. The van der Waals surface area contributed by atoms with Crippen molar-refractivity contribution in [2.75, 3.05) is 20.6 Å². The van der Waals surface area contributed by atoms with Gasteiger partial charge in [0.2, 0.25) is 5.91 Å². The number of amides is 1. The highest BCUT2D eigenvalue weighted by Crippen LogP contribution is 2.12. The standard InChI is InChI=1S/C10H18N4O3S/c1-4-8-12-7-10(13-8)18(16,17)14(3)6-5-9(15)11-2/h7H,4-6H2,1-3H3,(H,11,15)(H,12,13). The minimum Gasteiger partial charge on any atom is -0.359 e. The maximum absolute atomic E-state index is 12.1. The van der Waals surface area contributed by atoms with E-state index in [9.17, 15) is 13.2 Å². The molecule has 1 rings (SSSR count). The molecule has 0 saturated carbocycles. The van der Waals surface area contributed by atoms with E-state index in [1.54, 1.807) is 0 Å². The first-order chi connectivity index (χ1) is 8.41. The zero-order valence-corrected chi connectivity index (χ0v) is 11.5. The second kappa shape index (κ2) is 5.96. The van der Waals surface area contributed by atoms with Crippen molar-refractivity contribution in [1.82, 2.24) is 19.6 Å². The molecule has 0 radical (unpaired) electrons. The van der Waals surface area contributed by atoms with Crippen molar-refractivity contribution in [3.63, 3.8) is 0 Å². The number of sulfonamides is 1. The Morgan fingerprint density at radius 3 is 2.72 bits per heavy atom. The highest BCUT2D eigenvalue weighted by Gasteiger charge is 2.23. The fourth-order valence-electron chi connectivity index (χ4n) is 1.33. The highest BCUT2D eigenvalue weighted by atomic mass is 32.2. The van der Waals surface area contributed by atoms with Gasteiger partial charge >= 0.3 is 0 Å². The van der Waals surface area contributed by atoms with Crippen LogP contribution in [0.3, 0.4) is 0 Å². The van der Waals surface area contributed by atoms with E-state index in [0.717, 1.165) is 4.31 Å². The predicted molar refractivity (Wildman–Crippen MR) is 66.5 cm³/mol. The molecule has 0 aliphatic heterocycles. The molecule has 18 heavy (non-hydrogen) atoms. The second-order valence-electron chi connectivity index (χ2n) is 3.80. The number of aromatic nitrogens is 2. The molecule has 2 N–H and O–H groups in total. The van der Waals surface area contributed by atoms with Gasteiger partial charge < -0.3 is 10.3 Å². The number of nitrogens with one attached hydrogen (secondary N) is 2. The molecule has 0 aliphatic carbocycles. The van der Waals surface area contributed by atoms with Crippen LogP contribution in [0, 0.1) is 0 Å². The van der Waals surface area contributed by atoms with E-state index < -0.39 is 10.0 Å². The zero-order valence-electron chi connectivity index (χ0n) is 10.7. The van der Waals surface area contributed by atoms with Crippen LogP contribution in [0.25, 0.3) is 0 Å². The Labute approximate surface area is 107 Å². The molecule has 0 aromatic carbocycles. The molecule has 1 aromatic rings. The number of aryl methyl sites for hydroxylation is 1. The molecular formula is C10H18N4O3S. The molecule has 0 fully saturated rings. The summed E-state index contributed by atoms with van der Waals surface area (Å²) in [5.74, 6) is 0.421. The van der Waals surface area contributed by atoms with Gasteiger partial charge in [-0.2, -0.15) is 4.31 Å². The van der Waals surface area contributed by atoms with E-state index in [-0.39, 0.29) is 23.9 Å². The van der Waals surface area contributed by atoms with Crippen LogP contribution in [0.4, 0.5) is 0 Å². The molecule has 0 bridgehead atoms. The third kappa shape index (κ3) is 3.30. The molecule has 0 unspecified atom stereocenters. The Bertz CT molecular complexity index is 509. The Hall–Kier alpha value is -1.41. The fraction of sp³-hybridized carbons (Fsp3) is 0.600. The lowest BCUT2D eigenvalue weighted by molar-refractivity contribution is -0.120. The van der Waals surface area contributed by atoms with Gasteiger partial charge in [-0.15, -0.1) is 0 Å². The highest BCUT2D eigenvalue weighted by molar-refractivity contribution is 7.89. The lowest BCUT2D eigenvalue weighted by Gasteiger charge is -2.15. The van der Waals surface area contributed by atoms with Gasteiger partial charge in [-0.3, -0.25) is 4.79 Å². The van der Waals surface area contributed by atoms with E-state index in [1.165, 1.54) is 20.3 Å². The van der Waals surface area contributed by atoms with Gasteiger partial charge in [0, 0.05) is 33.5 Å². The Morgan fingerprint density at radius 2 is 2.22 bits per heavy atom. The SMILES string of the molecule is CCc1ncc(S(=O)(=O)N(C)CCC(=O)NC)[nH]1. The maximum Gasteiger partial charge on any atom is 0.259 e. The van der Waals surface area contributed by atoms with Gasteiger partial charge in [0.25, 0.3) is 10.0 Å². The van der Waals surface area contributed by atoms with Gasteiger partial charge in [-0.25, -0.2) is 13.4 Å².